The van der Waals surface area contributed by atoms with E-state index < -0.39 is 5.82 Å². The van der Waals surface area contributed by atoms with E-state index in [2.05, 4.69) is 9.55 Å². The van der Waals surface area contributed by atoms with Crippen LogP contribution in [0.5, 0.6) is 0 Å². The summed E-state index contributed by atoms with van der Waals surface area (Å²) in [6.07, 6.45) is 8.39. The normalized spacial score (nSPS) is 22.4. The van der Waals surface area contributed by atoms with Gasteiger partial charge in [-0.2, -0.15) is 0 Å². The first-order valence-electron chi connectivity index (χ1n) is 7.37. The van der Waals surface area contributed by atoms with Crippen molar-refractivity contribution in [3.63, 3.8) is 0 Å². The van der Waals surface area contributed by atoms with E-state index in [1.165, 1.54) is 18.9 Å². The maximum atomic E-state index is 13.3. The molecule has 112 valence electrons. The Hall–Kier alpha value is -1.39. The Labute approximate surface area is 128 Å². The molecule has 0 spiro atoms. The third-order valence-electron chi connectivity index (χ3n) is 4.33. The monoisotopic (exact) mass is 307 g/mol. The van der Waals surface area contributed by atoms with Gasteiger partial charge in [0, 0.05) is 24.0 Å². The van der Waals surface area contributed by atoms with Crippen LogP contribution in [0.4, 0.5) is 4.39 Å². The van der Waals surface area contributed by atoms with E-state index in [0.29, 0.717) is 12.0 Å². The summed E-state index contributed by atoms with van der Waals surface area (Å²) < 4.78 is 15.5. The lowest BCUT2D eigenvalue weighted by molar-refractivity contribution is 0.273. The predicted molar refractivity (Wildman–Crippen MR) is 82.7 cm³/mol. The third kappa shape index (κ3) is 2.97. The van der Waals surface area contributed by atoms with E-state index >= 15 is 0 Å². The van der Waals surface area contributed by atoms with Crippen LogP contribution in [0.1, 0.15) is 31.7 Å². The highest BCUT2D eigenvalue weighted by molar-refractivity contribution is 6.31. The summed E-state index contributed by atoms with van der Waals surface area (Å²) in [5.41, 5.74) is 6.67. The van der Waals surface area contributed by atoms with Gasteiger partial charge in [0.15, 0.2) is 0 Å². The molecule has 1 aromatic carbocycles. The van der Waals surface area contributed by atoms with Crippen LogP contribution in [0.25, 0.3) is 11.4 Å². The summed E-state index contributed by atoms with van der Waals surface area (Å²) in [6, 6.07) is 5.16. The highest BCUT2D eigenvalue weighted by Crippen LogP contribution is 2.35. The summed E-state index contributed by atoms with van der Waals surface area (Å²) >= 11 is 5.89. The molecule has 5 heteroatoms. The van der Waals surface area contributed by atoms with Crippen LogP contribution in [0.15, 0.2) is 30.6 Å². The SMILES string of the molecule is NC[C@H]1CCC[C@@H](n2ccnc2-c2ccc(F)c(Cl)c2)C1. The van der Waals surface area contributed by atoms with Crippen molar-refractivity contribution in [1.82, 2.24) is 9.55 Å². The minimum absolute atomic E-state index is 0.130. The molecule has 0 bridgehead atoms. The van der Waals surface area contributed by atoms with Crippen LogP contribution >= 0.6 is 11.6 Å². The fraction of sp³-hybridized carbons (Fsp3) is 0.438. The fourth-order valence-electron chi connectivity index (χ4n) is 3.20. The Bertz CT molecular complexity index is 626. The molecular weight excluding hydrogens is 289 g/mol. The molecule has 0 aliphatic heterocycles. The van der Waals surface area contributed by atoms with Crippen LogP contribution in [-0.4, -0.2) is 16.1 Å². The fourth-order valence-corrected chi connectivity index (χ4v) is 3.38. The van der Waals surface area contributed by atoms with Crippen molar-refractivity contribution >= 4 is 11.6 Å². The van der Waals surface area contributed by atoms with Crippen LogP contribution in [0.2, 0.25) is 5.02 Å². The molecule has 2 N–H and O–H groups in total. The minimum atomic E-state index is -0.403. The number of hydrogen-bond donors (Lipinski definition) is 1. The topological polar surface area (TPSA) is 43.8 Å². The summed E-state index contributed by atoms with van der Waals surface area (Å²) in [5.74, 6) is 1.02. The van der Waals surface area contributed by atoms with Gasteiger partial charge in [0.05, 0.1) is 5.02 Å². The second kappa shape index (κ2) is 6.16. The smallest absolute Gasteiger partial charge is 0.141 e. The molecule has 1 aromatic heterocycles. The van der Waals surface area contributed by atoms with E-state index in [0.717, 1.165) is 30.8 Å². The number of halogens is 2. The molecule has 1 heterocycles. The summed E-state index contributed by atoms with van der Waals surface area (Å²) in [7, 11) is 0. The van der Waals surface area contributed by atoms with E-state index in [-0.39, 0.29) is 5.02 Å². The number of rotatable bonds is 3. The van der Waals surface area contributed by atoms with Crippen molar-refractivity contribution in [1.29, 1.82) is 0 Å². The zero-order valence-corrected chi connectivity index (χ0v) is 12.6. The Morgan fingerprint density at radius 1 is 1.38 bits per heavy atom. The lowest BCUT2D eigenvalue weighted by atomic mass is 9.85. The Morgan fingerprint density at radius 2 is 2.24 bits per heavy atom. The molecule has 1 saturated carbocycles. The number of hydrogen-bond acceptors (Lipinski definition) is 2. The van der Waals surface area contributed by atoms with Crippen LogP contribution < -0.4 is 5.73 Å². The molecule has 1 aliphatic carbocycles. The Morgan fingerprint density at radius 3 is 3.00 bits per heavy atom. The Balaban J connectivity index is 1.91. The summed E-state index contributed by atoms with van der Waals surface area (Å²) in [6.45, 7) is 0.739. The molecule has 2 atom stereocenters. The molecule has 0 amide bonds. The highest BCUT2D eigenvalue weighted by atomic mass is 35.5. The predicted octanol–water partition coefficient (Wildman–Crippen LogP) is 4.03. The van der Waals surface area contributed by atoms with Gasteiger partial charge in [-0.3, -0.25) is 0 Å². The molecule has 2 aromatic rings. The summed E-state index contributed by atoms with van der Waals surface area (Å²) in [4.78, 5) is 4.43. The maximum absolute atomic E-state index is 13.3. The van der Waals surface area contributed by atoms with Gasteiger partial charge in [-0.25, -0.2) is 9.37 Å². The van der Waals surface area contributed by atoms with Gasteiger partial charge in [0.2, 0.25) is 0 Å². The van der Waals surface area contributed by atoms with Gasteiger partial charge in [-0.05, 0) is 49.9 Å². The van der Waals surface area contributed by atoms with Gasteiger partial charge >= 0.3 is 0 Å². The quantitative estimate of drug-likeness (QED) is 0.930. The lowest BCUT2D eigenvalue weighted by Gasteiger charge is -2.30. The number of benzene rings is 1. The minimum Gasteiger partial charge on any atom is -0.330 e. The van der Waals surface area contributed by atoms with Crippen molar-refractivity contribution in [2.24, 2.45) is 11.7 Å². The second-order valence-electron chi connectivity index (χ2n) is 5.71. The van der Waals surface area contributed by atoms with Gasteiger partial charge in [0.25, 0.3) is 0 Å². The number of nitrogens with two attached hydrogens (primary N) is 1. The number of imidazole rings is 1. The molecule has 1 fully saturated rings. The van der Waals surface area contributed by atoms with Crippen molar-refractivity contribution in [2.75, 3.05) is 6.54 Å². The number of aromatic nitrogens is 2. The lowest BCUT2D eigenvalue weighted by Crippen LogP contribution is -2.24. The molecule has 1 aliphatic rings. The molecular formula is C16H19ClFN3. The average Bonchev–Trinajstić information content (AvgIpc) is 2.99. The largest absolute Gasteiger partial charge is 0.330 e. The van der Waals surface area contributed by atoms with Gasteiger partial charge in [0.1, 0.15) is 11.6 Å². The number of nitrogens with zero attached hydrogens (tertiary/aromatic N) is 2. The molecule has 21 heavy (non-hydrogen) atoms. The van der Waals surface area contributed by atoms with E-state index in [1.54, 1.807) is 18.3 Å². The van der Waals surface area contributed by atoms with Crippen LogP contribution in [0, 0.1) is 11.7 Å². The first kappa shape index (κ1) is 14.5. The first-order valence-corrected chi connectivity index (χ1v) is 7.75. The van der Waals surface area contributed by atoms with Gasteiger partial charge in [-0.15, -0.1) is 0 Å². The van der Waals surface area contributed by atoms with Gasteiger partial charge < -0.3 is 10.3 Å². The van der Waals surface area contributed by atoms with Crippen LogP contribution in [-0.2, 0) is 0 Å². The van der Waals surface area contributed by atoms with E-state index in [9.17, 15) is 4.39 Å². The third-order valence-corrected chi connectivity index (χ3v) is 4.62. The second-order valence-corrected chi connectivity index (χ2v) is 6.12. The molecule has 3 rings (SSSR count). The van der Waals surface area contributed by atoms with Crippen molar-refractivity contribution < 1.29 is 4.39 Å². The van der Waals surface area contributed by atoms with Crippen LogP contribution in [0.3, 0.4) is 0 Å². The first-order chi connectivity index (χ1) is 10.2. The Kier molecular flexibility index (Phi) is 4.27. The summed E-state index contributed by atoms with van der Waals surface area (Å²) in [5, 5.41) is 0.130. The average molecular weight is 308 g/mol. The van der Waals surface area contributed by atoms with Crippen molar-refractivity contribution in [3.8, 4) is 11.4 Å². The maximum Gasteiger partial charge on any atom is 0.141 e. The zero-order chi connectivity index (χ0) is 14.8. The zero-order valence-electron chi connectivity index (χ0n) is 11.8. The van der Waals surface area contributed by atoms with Crippen molar-refractivity contribution in [2.45, 2.75) is 31.7 Å². The standard InChI is InChI=1S/C16H19ClFN3/c17-14-9-12(4-5-15(14)18)16-20-6-7-21(16)13-3-1-2-11(8-13)10-19/h4-7,9,11,13H,1-3,8,10,19H2/t11-,13+/m0/s1. The van der Waals surface area contributed by atoms with E-state index in [1.807, 2.05) is 6.20 Å². The molecule has 3 nitrogen and oxygen atoms in total. The van der Waals surface area contributed by atoms with Gasteiger partial charge in [-0.1, -0.05) is 18.0 Å². The van der Waals surface area contributed by atoms with E-state index in [4.69, 9.17) is 17.3 Å². The molecule has 0 radical (unpaired) electrons. The molecule has 0 unspecified atom stereocenters. The highest BCUT2D eigenvalue weighted by Gasteiger charge is 2.24. The molecule has 0 saturated heterocycles. The van der Waals surface area contributed by atoms with Crippen molar-refractivity contribution in [3.05, 3.63) is 41.4 Å².